The Bertz CT molecular complexity index is 1650. The standard InChI is InChI=1S/C36H36N2O8/c1-5-43-33(39)28(27(24-18-12-9-13-19-24)25-20-14-10-15-21-25)32(36(42)46-8-4)38-31(26-22-16-11-17-23-26)29(34(40)44-6-2)30(37-38)35(41)45-7-3/h9-23,32H,5-8H2,1-4H3/t32-/m0/s1. The second kappa shape index (κ2) is 16.0. The maximum absolute atomic E-state index is 14.2. The average molecular weight is 625 g/mol. The van der Waals surface area contributed by atoms with Crippen LogP contribution in [0, 0.1) is 0 Å². The molecule has 0 radical (unpaired) electrons. The number of hydrogen-bond acceptors (Lipinski definition) is 9. The Labute approximate surface area is 267 Å². The van der Waals surface area contributed by atoms with Crippen LogP contribution in [0.25, 0.3) is 16.8 Å². The van der Waals surface area contributed by atoms with E-state index in [-0.39, 0.29) is 49.0 Å². The predicted octanol–water partition coefficient (Wildman–Crippen LogP) is 6.07. The summed E-state index contributed by atoms with van der Waals surface area (Å²) in [7, 11) is 0. The van der Waals surface area contributed by atoms with Gasteiger partial charge in [0.1, 0.15) is 5.56 Å². The van der Waals surface area contributed by atoms with Crippen molar-refractivity contribution < 1.29 is 38.1 Å². The molecule has 0 unspecified atom stereocenters. The van der Waals surface area contributed by atoms with Gasteiger partial charge in [-0.2, -0.15) is 5.10 Å². The zero-order valence-corrected chi connectivity index (χ0v) is 26.2. The topological polar surface area (TPSA) is 123 Å². The number of carbonyl (C=O) groups is 4. The van der Waals surface area contributed by atoms with Gasteiger partial charge in [-0.05, 0) is 38.8 Å². The normalized spacial score (nSPS) is 11.2. The molecule has 0 aliphatic heterocycles. The molecule has 0 saturated carbocycles. The first-order chi connectivity index (χ1) is 22.4. The molecule has 4 rings (SSSR count). The molecule has 0 amide bonds. The molecule has 3 aromatic carbocycles. The second-order valence-electron chi connectivity index (χ2n) is 9.72. The van der Waals surface area contributed by atoms with Gasteiger partial charge in [0.25, 0.3) is 0 Å². The minimum absolute atomic E-state index is 0.00153. The predicted molar refractivity (Wildman–Crippen MR) is 171 cm³/mol. The van der Waals surface area contributed by atoms with Gasteiger partial charge in [-0.25, -0.2) is 23.9 Å². The van der Waals surface area contributed by atoms with Gasteiger partial charge < -0.3 is 18.9 Å². The van der Waals surface area contributed by atoms with Crippen molar-refractivity contribution >= 4 is 29.5 Å². The van der Waals surface area contributed by atoms with Crippen LogP contribution in [0.2, 0.25) is 0 Å². The van der Waals surface area contributed by atoms with Gasteiger partial charge in [0.05, 0.1) is 37.7 Å². The first kappa shape index (κ1) is 33.4. The Morgan fingerprint density at radius 3 is 1.61 bits per heavy atom. The first-order valence-electron chi connectivity index (χ1n) is 15.1. The maximum atomic E-state index is 14.2. The maximum Gasteiger partial charge on any atom is 0.359 e. The molecule has 0 bridgehead atoms. The Morgan fingerprint density at radius 1 is 0.630 bits per heavy atom. The largest absolute Gasteiger partial charge is 0.464 e. The van der Waals surface area contributed by atoms with E-state index >= 15 is 0 Å². The molecule has 238 valence electrons. The van der Waals surface area contributed by atoms with Gasteiger partial charge in [-0.15, -0.1) is 0 Å². The zero-order valence-electron chi connectivity index (χ0n) is 26.2. The Balaban J connectivity index is 2.24. The van der Waals surface area contributed by atoms with Crippen molar-refractivity contribution in [3.05, 3.63) is 119 Å². The fourth-order valence-corrected chi connectivity index (χ4v) is 5.04. The van der Waals surface area contributed by atoms with Gasteiger partial charge in [0, 0.05) is 11.1 Å². The van der Waals surface area contributed by atoms with E-state index < -0.39 is 29.9 Å². The molecule has 0 N–H and O–H groups in total. The minimum atomic E-state index is -1.62. The summed E-state index contributed by atoms with van der Waals surface area (Å²) in [6.07, 6.45) is 0. The zero-order chi connectivity index (χ0) is 33.1. The van der Waals surface area contributed by atoms with Gasteiger partial charge in [0.15, 0.2) is 11.7 Å². The molecular weight excluding hydrogens is 588 g/mol. The lowest BCUT2D eigenvalue weighted by Gasteiger charge is -2.24. The van der Waals surface area contributed by atoms with Crippen molar-refractivity contribution in [2.45, 2.75) is 33.7 Å². The molecule has 1 heterocycles. The number of hydrogen-bond donors (Lipinski definition) is 0. The number of ether oxygens (including phenoxy) is 4. The minimum Gasteiger partial charge on any atom is -0.464 e. The summed E-state index contributed by atoms with van der Waals surface area (Å²) in [6, 6.07) is 25.1. The van der Waals surface area contributed by atoms with Crippen LogP contribution in [0.3, 0.4) is 0 Å². The van der Waals surface area contributed by atoms with E-state index in [1.165, 1.54) is 4.68 Å². The fraction of sp³-hybridized carbons (Fsp3) is 0.250. The lowest BCUT2D eigenvalue weighted by atomic mass is 9.89. The highest BCUT2D eigenvalue weighted by atomic mass is 16.5. The summed E-state index contributed by atoms with van der Waals surface area (Å²) in [6.45, 7) is 6.50. The summed E-state index contributed by atoms with van der Waals surface area (Å²) in [5.41, 5.74) is 1.37. The van der Waals surface area contributed by atoms with Gasteiger partial charge in [0.2, 0.25) is 0 Å². The summed E-state index contributed by atoms with van der Waals surface area (Å²) in [5.74, 6) is -3.43. The van der Waals surface area contributed by atoms with E-state index in [9.17, 15) is 19.2 Å². The van der Waals surface area contributed by atoms with Crippen LogP contribution >= 0.6 is 0 Å². The molecular formula is C36H36N2O8. The molecule has 0 aliphatic rings. The summed E-state index contributed by atoms with van der Waals surface area (Å²) < 4.78 is 23.0. The second-order valence-corrected chi connectivity index (χ2v) is 9.72. The third-order valence-electron chi connectivity index (χ3n) is 6.82. The van der Waals surface area contributed by atoms with Gasteiger partial charge >= 0.3 is 23.9 Å². The van der Waals surface area contributed by atoms with Crippen LogP contribution in [0.4, 0.5) is 0 Å². The average Bonchev–Trinajstić information content (AvgIpc) is 3.47. The Kier molecular flexibility index (Phi) is 11.6. The number of carbonyl (C=O) groups excluding carboxylic acids is 4. The van der Waals surface area contributed by atoms with Crippen molar-refractivity contribution in [3.63, 3.8) is 0 Å². The van der Waals surface area contributed by atoms with Crippen molar-refractivity contribution in [1.29, 1.82) is 0 Å². The SMILES string of the molecule is CCOC(=O)C(=C(c1ccccc1)c1ccccc1)[C@@H](C(=O)OCC)n1nc(C(=O)OCC)c(C(=O)OCC)c1-c1ccccc1. The molecule has 1 aromatic heterocycles. The number of nitrogens with zero attached hydrogens (tertiary/aromatic N) is 2. The van der Waals surface area contributed by atoms with Gasteiger partial charge in [-0.3, -0.25) is 0 Å². The third-order valence-corrected chi connectivity index (χ3v) is 6.82. The molecule has 10 heteroatoms. The van der Waals surface area contributed by atoms with Crippen LogP contribution in [0.5, 0.6) is 0 Å². The van der Waals surface area contributed by atoms with Crippen LogP contribution in [0.15, 0.2) is 96.6 Å². The van der Waals surface area contributed by atoms with E-state index in [0.717, 1.165) is 0 Å². The molecule has 1 atom stereocenters. The third kappa shape index (κ3) is 7.23. The summed E-state index contributed by atoms with van der Waals surface area (Å²) in [5, 5.41) is 4.54. The number of benzene rings is 3. The lowest BCUT2D eigenvalue weighted by Crippen LogP contribution is -2.31. The van der Waals surface area contributed by atoms with E-state index in [0.29, 0.717) is 22.3 Å². The number of esters is 4. The number of aromatic nitrogens is 2. The van der Waals surface area contributed by atoms with E-state index in [1.807, 2.05) is 12.1 Å². The molecule has 46 heavy (non-hydrogen) atoms. The highest BCUT2D eigenvalue weighted by Crippen LogP contribution is 2.38. The monoisotopic (exact) mass is 624 g/mol. The van der Waals surface area contributed by atoms with Crippen LogP contribution in [-0.4, -0.2) is 60.1 Å². The van der Waals surface area contributed by atoms with E-state index in [2.05, 4.69) is 5.10 Å². The first-order valence-corrected chi connectivity index (χ1v) is 15.1. The van der Waals surface area contributed by atoms with Crippen molar-refractivity contribution in [3.8, 4) is 11.3 Å². The highest BCUT2D eigenvalue weighted by molar-refractivity contribution is 6.09. The number of rotatable bonds is 13. The van der Waals surface area contributed by atoms with Crippen molar-refractivity contribution in [2.24, 2.45) is 0 Å². The fourth-order valence-electron chi connectivity index (χ4n) is 5.04. The molecule has 0 aliphatic carbocycles. The van der Waals surface area contributed by atoms with E-state index in [1.54, 1.807) is 107 Å². The molecule has 0 saturated heterocycles. The Morgan fingerprint density at radius 2 is 1.11 bits per heavy atom. The molecule has 0 fully saturated rings. The molecule has 10 nitrogen and oxygen atoms in total. The van der Waals surface area contributed by atoms with Crippen molar-refractivity contribution in [1.82, 2.24) is 9.78 Å². The molecule has 4 aromatic rings. The van der Waals surface area contributed by atoms with Crippen LogP contribution in [0.1, 0.15) is 65.7 Å². The van der Waals surface area contributed by atoms with E-state index in [4.69, 9.17) is 18.9 Å². The van der Waals surface area contributed by atoms with Gasteiger partial charge in [-0.1, -0.05) is 91.0 Å². The van der Waals surface area contributed by atoms with Crippen molar-refractivity contribution in [2.75, 3.05) is 26.4 Å². The smallest absolute Gasteiger partial charge is 0.359 e. The van der Waals surface area contributed by atoms with Crippen LogP contribution < -0.4 is 0 Å². The summed E-state index contributed by atoms with van der Waals surface area (Å²) >= 11 is 0. The van der Waals surface area contributed by atoms with Crippen LogP contribution in [-0.2, 0) is 28.5 Å². The lowest BCUT2D eigenvalue weighted by molar-refractivity contribution is -0.149. The highest BCUT2D eigenvalue weighted by Gasteiger charge is 2.41. The summed E-state index contributed by atoms with van der Waals surface area (Å²) in [4.78, 5) is 55.3. The Hall–Kier alpha value is -5.51. The quantitative estimate of drug-likeness (QED) is 0.0990. The molecule has 0 spiro atoms.